The molecule has 308 valence electrons. The van der Waals surface area contributed by atoms with Gasteiger partial charge in [-0.05, 0) is 110 Å². The van der Waals surface area contributed by atoms with E-state index >= 15 is 0 Å². The molecule has 0 radical (unpaired) electrons. The maximum absolute atomic E-state index is 13.7. The van der Waals surface area contributed by atoms with Crippen LogP contribution in [-0.2, 0) is 27.0 Å². The summed E-state index contributed by atoms with van der Waals surface area (Å²) in [6.45, 7) is -0.0598. The number of aliphatic hydroxyl groups excluding tert-OH is 1. The van der Waals surface area contributed by atoms with Gasteiger partial charge in [0.2, 0.25) is 5.72 Å². The number of rotatable bonds is 6. The molecule has 0 spiro atoms. The average molecular weight is 810 g/mol. The van der Waals surface area contributed by atoms with Gasteiger partial charge in [-0.15, -0.1) is 0 Å². The number of allylic oxidation sites excluding steroid dienone is 1. The molecule has 8 aliphatic rings. The number of ether oxygens (including phenoxy) is 2. The third-order valence-electron chi connectivity index (χ3n) is 13.4. The van der Waals surface area contributed by atoms with Gasteiger partial charge in [-0.2, -0.15) is 8.42 Å². The van der Waals surface area contributed by atoms with Crippen LogP contribution < -0.4 is 16.2 Å². The van der Waals surface area contributed by atoms with Crippen LogP contribution in [0.4, 0.5) is 0 Å². The van der Waals surface area contributed by atoms with E-state index in [4.69, 9.17) is 25.9 Å². The minimum Gasteiger partial charge on any atom is -0.508 e. The molecule has 2 aliphatic carbocycles. The van der Waals surface area contributed by atoms with E-state index in [-0.39, 0.29) is 48.6 Å². The van der Waals surface area contributed by atoms with Gasteiger partial charge in [0.1, 0.15) is 17.6 Å². The van der Waals surface area contributed by atoms with Crippen molar-refractivity contribution in [2.45, 2.75) is 118 Å². The Balaban J connectivity index is 1.28. The Morgan fingerprint density at radius 2 is 1.72 bits per heavy atom. The first-order valence-electron chi connectivity index (χ1n) is 20.8. The van der Waals surface area contributed by atoms with Gasteiger partial charge in [0.15, 0.2) is 5.96 Å². The first kappa shape index (κ1) is 40.4. The molecule has 0 amide bonds. The SMILES string of the molecule is NC(N)=N[C@@]1(CCC2(O)CCCCC2)Oc2ccc(cc2)CC[C@@H](S(=O)(=O)O)C2C=C3C[C@H](C[C@H]4C[C@@H](CO)CC#Cc5cc(O)ccc5[C@@H]3O4)[C@H]2c2ccc1cc2. The normalized spacial score (nSPS) is 30.3. The number of aromatic hydroxyl groups is 1. The van der Waals surface area contributed by atoms with E-state index in [1.165, 1.54) is 0 Å². The summed E-state index contributed by atoms with van der Waals surface area (Å²) in [4.78, 5) is 4.77. The summed E-state index contributed by atoms with van der Waals surface area (Å²) in [7, 11) is -4.57. The van der Waals surface area contributed by atoms with E-state index in [0.29, 0.717) is 74.7 Å². The summed E-state index contributed by atoms with van der Waals surface area (Å²) in [6.07, 6.45) is 9.05. The maximum Gasteiger partial charge on any atom is 0.268 e. The number of aliphatic imine (C=N–C) groups is 1. The molecular formula is C46H55N3O8S. The standard InChI is InChI=1S/C46H55N3O8S/c47-44(48)49-46(22-21-45(52)19-2-1-3-20-45)35-12-10-31(11-13-35)42-33-24-34(27-40(42)41(58(53,54)55)18-9-29-7-15-37(57-46)16-8-29)43-39-17-14-36(51)25-32(39)6-4-5-30(28-50)23-38(26-33)56-43/h7-8,10-17,25,27,30,33,38,40-43,50-52H,1-3,5,9,18-24,26,28H2,(H4,47,48,49)(H,53,54,55)/t30-,33+,38+,40?,41+,42+,43+,46-/m0/s1. The van der Waals surface area contributed by atoms with Gasteiger partial charge < -0.3 is 36.3 Å². The predicted octanol–water partition coefficient (Wildman–Crippen LogP) is 6.51. The lowest BCUT2D eigenvalue weighted by molar-refractivity contribution is -0.0311. The molecule has 1 saturated heterocycles. The van der Waals surface area contributed by atoms with Gasteiger partial charge in [-0.3, -0.25) is 4.55 Å². The Hall–Kier alpha value is -4.38. The molecule has 8 N–H and O–H groups in total. The number of nitrogens with zero attached hydrogens (tertiary/aromatic N) is 1. The molecule has 11 rings (SSSR count). The number of aliphatic hydroxyl groups is 2. The highest BCUT2D eigenvalue weighted by molar-refractivity contribution is 7.86. The van der Waals surface area contributed by atoms with Crippen LogP contribution in [0.5, 0.6) is 11.5 Å². The highest BCUT2D eigenvalue weighted by Crippen LogP contribution is 2.53. The summed E-state index contributed by atoms with van der Waals surface area (Å²) < 4.78 is 52.2. The topological polar surface area (TPSA) is 198 Å². The average Bonchev–Trinajstić information content (AvgIpc) is 3.32. The van der Waals surface area contributed by atoms with E-state index in [0.717, 1.165) is 41.5 Å². The zero-order chi connectivity index (χ0) is 40.7. The number of hydrogen-bond donors (Lipinski definition) is 6. The third kappa shape index (κ3) is 8.52. The molecule has 12 heteroatoms. The predicted molar refractivity (Wildman–Crippen MR) is 221 cm³/mol. The number of benzene rings is 3. The van der Waals surface area contributed by atoms with Crippen LogP contribution >= 0.6 is 0 Å². The molecule has 0 aromatic heterocycles. The molecule has 3 aromatic rings. The molecule has 58 heavy (non-hydrogen) atoms. The van der Waals surface area contributed by atoms with Gasteiger partial charge in [-0.25, -0.2) is 4.99 Å². The van der Waals surface area contributed by atoms with E-state index < -0.39 is 38.7 Å². The highest BCUT2D eigenvalue weighted by atomic mass is 32.2. The fraction of sp³-hybridized carbons (Fsp3) is 0.500. The number of hydrogen-bond acceptors (Lipinski definition) is 8. The van der Waals surface area contributed by atoms with Gasteiger partial charge in [0.05, 0.1) is 17.0 Å². The minimum atomic E-state index is -4.57. The van der Waals surface area contributed by atoms with E-state index in [1.54, 1.807) is 12.1 Å². The lowest BCUT2D eigenvalue weighted by Crippen LogP contribution is -2.40. The first-order valence-corrected chi connectivity index (χ1v) is 22.3. The van der Waals surface area contributed by atoms with Crippen molar-refractivity contribution in [3.05, 3.63) is 106 Å². The molecule has 8 atom stereocenters. The quantitative estimate of drug-likeness (QED) is 0.0525. The van der Waals surface area contributed by atoms with E-state index in [1.807, 2.05) is 60.7 Å². The second kappa shape index (κ2) is 16.3. The Kier molecular flexibility index (Phi) is 11.4. The van der Waals surface area contributed by atoms with Crippen LogP contribution in [0, 0.1) is 29.6 Å². The zero-order valence-electron chi connectivity index (χ0n) is 32.8. The number of fused-ring (bicyclic) bond motifs is 7. The fourth-order valence-corrected chi connectivity index (χ4v) is 11.5. The van der Waals surface area contributed by atoms with Crippen LogP contribution in [0.25, 0.3) is 0 Å². The molecule has 1 unspecified atom stereocenters. The smallest absolute Gasteiger partial charge is 0.268 e. The molecule has 3 aromatic carbocycles. The number of phenols is 1. The van der Waals surface area contributed by atoms with Gasteiger partial charge in [-0.1, -0.05) is 79.6 Å². The molecule has 6 heterocycles. The lowest BCUT2D eigenvalue weighted by atomic mass is 9.65. The summed E-state index contributed by atoms with van der Waals surface area (Å²) in [5.74, 6) is 5.69. The number of nitrogens with two attached hydrogens (primary N) is 2. The first-order chi connectivity index (χ1) is 27.8. The molecule has 1 saturated carbocycles. The number of guanidine groups is 1. The Morgan fingerprint density at radius 1 is 0.966 bits per heavy atom. The third-order valence-corrected chi connectivity index (χ3v) is 14.7. The van der Waals surface area contributed by atoms with Crippen molar-refractivity contribution in [3.8, 4) is 23.3 Å². The van der Waals surface area contributed by atoms with Crippen molar-refractivity contribution in [1.82, 2.24) is 0 Å². The van der Waals surface area contributed by atoms with Crippen molar-refractivity contribution in [2.75, 3.05) is 6.61 Å². The fourth-order valence-electron chi connectivity index (χ4n) is 10.5. The van der Waals surface area contributed by atoms with E-state index in [2.05, 4.69) is 11.8 Å². The monoisotopic (exact) mass is 809 g/mol. The maximum atomic E-state index is 13.7. The number of phenolic OH excluding ortho intramolecular Hbond substituents is 1. The van der Waals surface area contributed by atoms with Crippen molar-refractivity contribution < 1.29 is 37.8 Å². The summed E-state index contributed by atoms with van der Waals surface area (Å²) in [5, 5.41) is 31.4. The van der Waals surface area contributed by atoms with E-state index in [9.17, 15) is 28.3 Å². The zero-order valence-corrected chi connectivity index (χ0v) is 33.6. The molecule has 6 aliphatic heterocycles. The van der Waals surface area contributed by atoms with Crippen molar-refractivity contribution in [1.29, 1.82) is 0 Å². The minimum absolute atomic E-state index is 0.0598. The molecular weight excluding hydrogens is 755 g/mol. The van der Waals surface area contributed by atoms with Crippen molar-refractivity contribution >= 4 is 16.1 Å². The highest BCUT2D eigenvalue weighted by Gasteiger charge is 2.48. The molecule has 8 bridgehead atoms. The van der Waals surface area contributed by atoms with Crippen LogP contribution in [-0.4, -0.2) is 57.8 Å². The van der Waals surface area contributed by atoms with Crippen LogP contribution in [0.2, 0.25) is 0 Å². The Labute approximate surface area is 341 Å². The van der Waals surface area contributed by atoms with Crippen LogP contribution in [0.3, 0.4) is 0 Å². The molecule has 2 fully saturated rings. The lowest BCUT2D eigenvalue weighted by Gasteiger charge is -2.41. The van der Waals surface area contributed by atoms with Gasteiger partial charge in [0.25, 0.3) is 10.1 Å². The van der Waals surface area contributed by atoms with Crippen LogP contribution in [0.1, 0.15) is 117 Å². The van der Waals surface area contributed by atoms with Crippen LogP contribution in [0.15, 0.2) is 83.4 Å². The Bertz CT molecular complexity index is 2200. The largest absolute Gasteiger partial charge is 0.508 e. The van der Waals surface area contributed by atoms with Gasteiger partial charge in [0, 0.05) is 42.1 Å². The van der Waals surface area contributed by atoms with Crippen molar-refractivity contribution in [3.63, 3.8) is 0 Å². The summed E-state index contributed by atoms with van der Waals surface area (Å²) >= 11 is 0. The summed E-state index contributed by atoms with van der Waals surface area (Å²) in [5.41, 5.74) is 14.9. The van der Waals surface area contributed by atoms with Gasteiger partial charge >= 0.3 is 0 Å². The second-order valence-corrected chi connectivity index (χ2v) is 18.9. The second-order valence-electron chi connectivity index (χ2n) is 17.3. The summed E-state index contributed by atoms with van der Waals surface area (Å²) in [6, 6.07) is 20.4. The van der Waals surface area contributed by atoms with Crippen molar-refractivity contribution in [2.24, 2.45) is 34.2 Å². The Morgan fingerprint density at radius 3 is 2.43 bits per heavy atom. The number of aryl methyl sites for hydroxylation is 1. The molecule has 11 nitrogen and oxygen atoms in total.